The minimum absolute atomic E-state index is 0.133. The number of carbonyl (C=O) groups excluding carboxylic acids is 3. The number of imide groups is 1. The number of fused-ring (bicyclic) bond motifs is 1. The first-order chi connectivity index (χ1) is 18.5. The number of amides is 3. The van der Waals surface area contributed by atoms with Crippen LogP contribution in [0, 0.1) is 0 Å². The Morgan fingerprint density at radius 2 is 1.45 bits per heavy atom. The highest BCUT2D eigenvalue weighted by Crippen LogP contribution is 2.32. The van der Waals surface area contributed by atoms with Gasteiger partial charge in [0, 0.05) is 42.7 Å². The van der Waals surface area contributed by atoms with Crippen LogP contribution < -0.4 is 10.6 Å². The molecule has 0 aromatic heterocycles. The lowest BCUT2D eigenvalue weighted by Crippen LogP contribution is -2.52. The van der Waals surface area contributed by atoms with Crippen molar-refractivity contribution in [2.24, 2.45) is 0 Å². The molecule has 0 radical (unpaired) electrons. The Morgan fingerprint density at radius 3 is 2.03 bits per heavy atom. The van der Waals surface area contributed by atoms with Gasteiger partial charge in [-0.15, -0.1) is 0 Å². The molecule has 3 N–H and O–H groups in total. The monoisotopic (exact) mass is 527 g/mol. The molecule has 3 rings (SSSR count). The second-order valence-electron chi connectivity index (χ2n) is 10.8. The standard InChI is InChI=1S/C30H45N3O5/c34-27-20-19-26(29(37)32-27)33-22-24-23(30(33)38)16-15-17-25(24)31-21-14-12-10-8-6-4-2-1-3-5-7-9-11-13-18-28(35)36/h15-17,26,31H,1-14,18-22H2,(H,35,36)(H,32,34,37). The van der Waals surface area contributed by atoms with Crippen LogP contribution in [0.15, 0.2) is 18.2 Å². The van der Waals surface area contributed by atoms with Crippen LogP contribution in [-0.4, -0.2) is 46.3 Å². The molecular weight excluding hydrogens is 482 g/mol. The maximum atomic E-state index is 12.9. The number of benzene rings is 1. The highest BCUT2D eigenvalue weighted by Gasteiger charge is 2.39. The van der Waals surface area contributed by atoms with Crippen molar-refractivity contribution < 1.29 is 24.3 Å². The van der Waals surface area contributed by atoms with E-state index in [1.54, 1.807) is 4.90 Å². The molecule has 1 aromatic carbocycles. The molecule has 0 spiro atoms. The fraction of sp³-hybridized carbons (Fsp3) is 0.667. The second-order valence-corrected chi connectivity index (χ2v) is 10.8. The highest BCUT2D eigenvalue weighted by atomic mass is 16.4. The van der Waals surface area contributed by atoms with E-state index in [0.717, 1.165) is 43.5 Å². The lowest BCUT2D eigenvalue weighted by Gasteiger charge is -2.29. The van der Waals surface area contributed by atoms with Gasteiger partial charge in [0.1, 0.15) is 6.04 Å². The van der Waals surface area contributed by atoms with Crippen LogP contribution in [0.2, 0.25) is 0 Å². The van der Waals surface area contributed by atoms with E-state index < -0.39 is 12.0 Å². The predicted octanol–water partition coefficient (Wildman–Crippen LogP) is 5.80. The van der Waals surface area contributed by atoms with E-state index in [4.69, 9.17) is 5.11 Å². The van der Waals surface area contributed by atoms with Crippen LogP contribution in [-0.2, 0) is 20.9 Å². The number of nitrogens with zero attached hydrogens (tertiary/aromatic N) is 1. The second kappa shape index (κ2) is 16.1. The lowest BCUT2D eigenvalue weighted by molar-refractivity contribution is -0.138. The molecule has 1 aromatic rings. The molecule has 1 saturated heterocycles. The third kappa shape index (κ3) is 9.44. The van der Waals surface area contributed by atoms with Crippen molar-refractivity contribution in [2.75, 3.05) is 11.9 Å². The number of aliphatic carboxylic acids is 1. The van der Waals surface area contributed by atoms with Gasteiger partial charge < -0.3 is 15.3 Å². The van der Waals surface area contributed by atoms with E-state index >= 15 is 0 Å². The molecule has 2 aliphatic rings. The summed E-state index contributed by atoms with van der Waals surface area (Å²) in [4.78, 5) is 48.8. The number of anilines is 1. The smallest absolute Gasteiger partial charge is 0.303 e. The van der Waals surface area contributed by atoms with Gasteiger partial charge in [-0.05, 0) is 31.4 Å². The SMILES string of the molecule is O=C(O)CCCCCCCCCCCCCCCCNc1cccc2c1CN(C1CCC(=O)NC1=O)C2=O. The van der Waals surface area contributed by atoms with Crippen LogP contribution in [0.3, 0.4) is 0 Å². The number of unbranched alkanes of at least 4 members (excludes halogenated alkanes) is 13. The van der Waals surface area contributed by atoms with Crippen LogP contribution in [0.25, 0.3) is 0 Å². The summed E-state index contributed by atoms with van der Waals surface area (Å²) in [6.07, 6.45) is 17.8. The predicted molar refractivity (Wildman–Crippen MR) is 148 cm³/mol. The van der Waals surface area contributed by atoms with Crippen LogP contribution in [0.5, 0.6) is 0 Å². The van der Waals surface area contributed by atoms with Crippen molar-refractivity contribution in [1.82, 2.24) is 10.2 Å². The summed E-state index contributed by atoms with van der Waals surface area (Å²) in [5.74, 6) is -1.46. The van der Waals surface area contributed by atoms with Gasteiger partial charge in [0.05, 0.1) is 0 Å². The van der Waals surface area contributed by atoms with Crippen molar-refractivity contribution in [3.8, 4) is 0 Å². The molecular formula is C30H45N3O5. The van der Waals surface area contributed by atoms with Gasteiger partial charge in [0.15, 0.2) is 0 Å². The molecule has 8 heteroatoms. The van der Waals surface area contributed by atoms with E-state index in [1.165, 1.54) is 64.2 Å². The number of carboxylic acid groups (broad SMARTS) is 1. The van der Waals surface area contributed by atoms with Crippen LogP contribution >= 0.6 is 0 Å². The summed E-state index contributed by atoms with van der Waals surface area (Å²) in [7, 11) is 0. The summed E-state index contributed by atoms with van der Waals surface area (Å²) in [6, 6.07) is 5.12. The first kappa shape index (κ1) is 29.7. The number of piperidine rings is 1. The quantitative estimate of drug-likeness (QED) is 0.155. The largest absolute Gasteiger partial charge is 0.481 e. The summed E-state index contributed by atoms with van der Waals surface area (Å²) >= 11 is 0. The van der Waals surface area contributed by atoms with E-state index in [9.17, 15) is 19.2 Å². The van der Waals surface area contributed by atoms with Crippen LogP contribution in [0.4, 0.5) is 5.69 Å². The van der Waals surface area contributed by atoms with Gasteiger partial charge in [0.25, 0.3) is 5.91 Å². The van der Waals surface area contributed by atoms with Crippen molar-refractivity contribution in [1.29, 1.82) is 0 Å². The summed E-state index contributed by atoms with van der Waals surface area (Å²) in [6.45, 7) is 1.26. The minimum Gasteiger partial charge on any atom is -0.481 e. The summed E-state index contributed by atoms with van der Waals surface area (Å²) in [5.41, 5.74) is 2.56. The Balaban J connectivity index is 1.20. The fourth-order valence-corrected chi connectivity index (χ4v) is 5.50. The van der Waals surface area contributed by atoms with Crippen molar-refractivity contribution in [2.45, 2.75) is 122 Å². The number of rotatable bonds is 19. The molecule has 1 fully saturated rings. The maximum Gasteiger partial charge on any atom is 0.303 e. The fourth-order valence-electron chi connectivity index (χ4n) is 5.50. The lowest BCUT2D eigenvalue weighted by atomic mass is 10.0. The van der Waals surface area contributed by atoms with Crippen molar-refractivity contribution in [3.05, 3.63) is 29.3 Å². The van der Waals surface area contributed by atoms with E-state index in [1.807, 2.05) is 18.2 Å². The maximum absolute atomic E-state index is 12.9. The van der Waals surface area contributed by atoms with Crippen molar-refractivity contribution >= 4 is 29.4 Å². The zero-order valence-corrected chi connectivity index (χ0v) is 22.8. The number of carbonyl (C=O) groups is 4. The minimum atomic E-state index is -0.683. The Bertz CT molecular complexity index is 948. The van der Waals surface area contributed by atoms with Gasteiger partial charge in [-0.25, -0.2) is 0 Å². The zero-order chi connectivity index (χ0) is 27.2. The Kier molecular flexibility index (Phi) is 12.6. The van der Waals surface area contributed by atoms with Gasteiger partial charge >= 0.3 is 5.97 Å². The summed E-state index contributed by atoms with van der Waals surface area (Å²) in [5, 5.41) is 14.5. The van der Waals surface area contributed by atoms with Gasteiger partial charge in [-0.3, -0.25) is 24.5 Å². The van der Waals surface area contributed by atoms with Crippen LogP contribution in [0.1, 0.15) is 125 Å². The molecule has 0 aliphatic carbocycles. The molecule has 0 bridgehead atoms. The summed E-state index contributed by atoms with van der Waals surface area (Å²) < 4.78 is 0. The topological polar surface area (TPSA) is 116 Å². The Labute approximate surface area is 226 Å². The average Bonchev–Trinajstić information content (AvgIpc) is 3.22. The van der Waals surface area contributed by atoms with Gasteiger partial charge in [0.2, 0.25) is 11.8 Å². The number of hydrogen-bond acceptors (Lipinski definition) is 5. The molecule has 8 nitrogen and oxygen atoms in total. The third-order valence-electron chi connectivity index (χ3n) is 7.71. The van der Waals surface area contributed by atoms with Gasteiger partial charge in [-0.2, -0.15) is 0 Å². The van der Waals surface area contributed by atoms with E-state index in [-0.39, 0.29) is 24.1 Å². The Morgan fingerprint density at radius 1 is 0.868 bits per heavy atom. The third-order valence-corrected chi connectivity index (χ3v) is 7.71. The molecule has 2 aliphatic heterocycles. The molecule has 38 heavy (non-hydrogen) atoms. The van der Waals surface area contributed by atoms with E-state index in [0.29, 0.717) is 24.9 Å². The number of hydrogen-bond donors (Lipinski definition) is 3. The molecule has 3 amide bonds. The average molecular weight is 528 g/mol. The van der Waals surface area contributed by atoms with Gasteiger partial charge in [-0.1, -0.05) is 83.1 Å². The van der Waals surface area contributed by atoms with Crippen molar-refractivity contribution in [3.63, 3.8) is 0 Å². The number of nitrogens with one attached hydrogen (secondary N) is 2. The zero-order valence-electron chi connectivity index (χ0n) is 22.8. The highest BCUT2D eigenvalue weighted by molar-refractivity contribution is 6.06. The molecule has 2 heterocycles. The molecule has 210 valence electrons. The van der Waals surface area contributed by atoms with E-state index in [2.05, 4.69) is 10.6 Å². The molecule has 0 saturated carbocycles. The molecule has 1 unspecified atom stereocenters. The molecule has 1 atom stereocenters. The first-order valence-electron chi connectivity index (χ1n) is 14.7. The Hall–Kier alpha value is -2.90. The first-order valence-corrected chi connectivity index (χ1v) is 14.7. The normalized spacial score (nSPS) is 17.0. The number of carboxylic acids is 1.